The lowest BCUT2D eigenvalue weighted by Gasteiger charge is -2.08. The third-order valence-corrected chi connectivity index (χ3v) is 5.37. The minimum absolute atomic E-state index is 0.188. The zero-order valence-electron chi connectivity index (χ0n) is 17.6. The fraction of sp³-hybridized carbons (Fsp3) is 0.0769. The van der Waals surface area contributed by atoms with Crippen LogP contribution in [0, 0.1) is 13.8 Å². The smallest absolute Gasteiger partial charge is 0.291 e. The summed E-state index contributed by atoms with van der Waals surface area (Å²) in [4.78, 5) is 24.9. The van der Waals surface area contributed by atoms with Crippen LogP contribution in [0.3, 0.4) is 0 Å². The van der Waals surface area contributed by atoms with Crippen molar-refractivity contribution in [1.82, 2.24) is 0 Å². The van der Waals surface area contributed by atoms with Gasteiger partial charge >= 0.3 is 0 Å². The van der Waals surface area contributed by atoms with Gasteiger partial charge in [-0.25, -0.2) is 0 Å². The quantitative estimate of drug-likeness (QED) is 0.359. The molecule has 4 aromatic rings. The number of halogens is 1. The van der Waals surface area contributed by atoms with Gasteiger partial charge in [-0.05, 0) is 74.0 Å². The number of aryl methyl sites for hydroxylation is 2. The van der Waals surface area contributed by atoms with Crippen molar-refractivity contribution < 1.29 is 14.0 Å². The van der Waals surface area contributed by atoms with E-state index in [0.29, 0.717) is 27.7 Å². The van der Waals surface area contributed by atoms with Crippen molar-refractivity contribution >= 4 is 34.8 Å². The van der Waals surface area contributed by atoms with Crippen molar-refractivity contribution in [3.63, 3.8) is 0 Å². The molecule has 0 aliphatic heterocycles. The average Bonchev–Trinajstić information content (AvgIpc) is 3.27. The summed E-state index contributed by atoms with van der Waals surface area (Å²) in [6.45, 7) is 3.86. The molecule has 0 spiro atoms. The van der Waals surface area contributed by atoms with Crippen molar-refractivity contribution in [3.8, 4) is 11.3 Å². The monoisotopic (exact) mass is 444 g/mol. The van der Waals surface area contributed by atoms with Crippen LogP contribution in [0.15, 0.2) is 83.3 Å². The number of amides is 2. The van der Waals surface area contributed by atoms with E-state index >= 15 is 0 Å². The Morgan fingerprint density at radius 2 is 1.47 bits per heavy atom. The van der Waals surface area contributed by atoms with Crippen LogP contribution in [0.4, 0.5) is 11.4 Å². The van der Waals surface area contributed by atoms with Crippen LogP contribution in [0.25, 0.3) is 11.3 Å². The van der Waals surface area contributed by atoms with Gasteiger partial charge in [0.2, 0.25) is 0 Å². The number of benzene rings is 3. The number of nitrogens with one attached hydrogen (secondary N) is 2. The minimum atomic E-state index is -0.369. The number of hydrogen-bond acceptors (Lipinski definition) is 3. The predicted molar refractivity (Wildman–Crippen MR) is 127 cm³/mol. The molecule has 0 bridgehead atoms. The van der Waals surface area contributed by atoms with Gasteiger partial charge in [-0.1, -0.05) is 41.4 Å². The van der Waals surface area contributed by atoms with Crippen molar-refractivity contribution in [2.45, 2.75) is 13.8 Å². The largest absolute Gasteiger partial charge is 0.451 e. The standard InChI is InChI=1S/C26H21ClN2O3/c1-16-4-3-5-19(14-16)25(30)28-20-8-10-21(11-9-20)29-26(31)24-13-12-23(32-24)18-7-6-17(2)22(27)15-18/h3-15H,1-2H3,(H,28,30)(H,29,31). The van der Waals surface area contributed by atoms with Gasteiger partial charge in [0.15, 0.2) is 5.76 Å². The lowest BCUT2D eigenvalue weighted by atomic mass is 10.1. The maximum Gasteiger partial charge on any atom is 0.291 e. The second kappa shape index (κ2) is 9.12. The summed E-state index contributed by atoms with van der Waals surface area (Å²) in [5.74, 6) is 0.190. The van der Waals surface area contributed by atoms with Gasteiger partial charge in [-0.3, -0.25) is 9.59 Å². The Bertz CT molecular complexity index is 1290. The molecular weight excluding hydrogens is 424 g/mol. The van der Waals surface area contributed by atoms with Crippen molar-refractivity contribution in [3.05, 3.63) is 106 Å². The van der Waals surface area contributed by atoms with Crippen LogP contribution in [0.2, 0.25) is 5.02 Å². The number of hydrogen-bond donors (Lipinski definition) is 2. The van der Waals surface area contributed by atoms with Gasteiger partial charge in [0.1, 0.15) is 5.76 Å². The maximum atomic E-state index is 12.6. The first-order valence-corrected chi connectivity index (χ1v) is 10.4. The lowest BCUT2D eigenvalue weighted by Crippen LogP contribution is -2.13. The molecule has 0 saturated carbocycles. The number of carbonyl (C=O) groups is 2. The molecular formula is C26H21ClN2O3. The van der Waals surface area contributed by atoms with Gasteiger partial charge in [0.25, 0.3) is 11.8 Å². The fourth-order valence-electron chi connectivity index (χ4n) is 3.18. The molecule has 5 nitrogen and oxygen atoms in total. The molecule has 0 aliphatic carbocycles. The lowest BCUT2D eigenvalue weighted by molar-refractivity contribution is 0.0995. The Hall–Kier alpha value is -3.83. The molecule has 0 fully saturated rings. The van der Waals surface area contributed by atoms with E-state index in [9.17, 15) is 9.59 Å². The van der Waals surface area contributed by atoms with Crippen LogP contribution in [0.1, 0.15) is 32.0 Å². The third-order valence-electron chi connectivity index (χ3n) is 4.97. The number of anilines is 2. The van der Waals surface area contributed by atoms with Crippen LogP contribution >= 0.6 is 11.6 Å². The first-order valence-electron chi connectivity index (χ1n) is 10.0. The zero-order valence-corrected chi connectivity index (χ0v) is 18.4. The molecule has 0 radical (unpaired) electrons. The number of furan rings is 1. The maximum absolute atomic E-state index is 12.6. The molecule has 0 saturated heterocycles. The van der Waals surface area contributed by atoms with Crippen molar-refractivity contribution in [2.75, 3.05) is 10.6 Å². The summed E-state index contributed by atoms with van der Waals surface area (Å²) in [5.41, 5.74) is 4.59. The van der Waals surface area contributed by atoms with E-state index in [1.807, 2.05) is 44.2 Å². The van der Waals surface area contributed by atoms with E-state index < -0.39 is 0 Å². The van der Waals surface area contributed by atoms with Crippen molar-refractivity contribution in [2.24, 2.45) is 0 Å². The SMILES string of the molecule is Cc1cccc(C(=O)Nc2ccc(NC(=O)c3ccc(-c4ccc(C)c(Cl)c4)o3)cc2)c1. The first-order chi connectivity index (χ1) is 15.4. The first kappa shape index (κ1) is 21.4. The Labute approximate surface area is 191 Å². The molecule has 0 aliphatic rings. The molecule has 0 atom stereocenters. The zero-order chi connectivity index (χ0) is 22.7. The van der Waals surface area contributed by atoms with E-state index in [2.05, 4.69) is 10.6 Å². The molecule has 6 heteroatoms. The fourth-order valence-corrected chi connectivity index (χ4v) is 3.36. The van der Waals surface area contributed by atoms with Crippen LogP contribution in [-0.4, -0.2) is 11.8 Å². The highest BCUT2D eigenvalue weighted by Crippen LogP contribution is 2.27. The molecule has 2 N–H and O–H groups in total. The molecule has 3 aromatic carbocycles. The van der Waals surface area contributed by atoms with Gasteiger partial charge in [0, 0.05) is 27.5 Å². The molecule has 2 amide bonds. The van der Waals surface area contributed by atoms with E-state index in [4.69, 9.17) is 16.0 Å². The second-order valence-corrected chi connectivity index (χ2v) is 7.89. The molecule has 4 rings (SSSR count). The Kier molecular flexibility index (Phi) is 6.10. The van der Waals surface area contributed by atoms with Gasteiger partial charge in [-0.2, -0.15) is 0 Å². The Morgan fingerprint density at radius 1 is 0.781 bits per heavy atom. The third kappa shape index (κ3) is 4.90. The summed E-state index contributed by atoms with van der Waals surface area (Å²) in [7, 11) is 0. The van der Waals surface area contributed by atoms with Crippen LogP contribution in [0.5, 0.6) is 0 Å². The molecule has 160 valence electrons. The van der Waals surface area contributed by atoms with E-state index in [1.54, 1.807) is 48.5 Å². The number of rotatable bonds is 5. The van der Waals surface area contributed by atoms with Crippen molar-refractivity contribution in [1.29, 1.82) is 0 Å². The highest BCUT2D eigenvalue weighted by Gasteiger charge is 2.13. The molecule has 32 heavy (non-hydrogen) atoms. The predicted octanol–water partition coefficient (Wildman–Crippen LogP) is 6.72. The second-order valence-electron chi connectivity index (χ2n) is 7.48. The minimum Gasteiger partial charge on any atom is -0.451 e. The van der Waals surface area contributed by atoms with Gasteiger partial charge in [-0.15, -0.1) is 0 Å². The number of carbonyl (C=O) groups excluding carboxylic acids is 2. The van der Waals surface area contributed by atoms with E-state index in [1.165, 1.54) is 0 Å². The highest BCUT2D eigenvalue weighted by molar-refractivity contribution is 6.31. The summed E-state index contributed by atoms with van der Waals surface area (Å²) >= 11 is 6.18. The van der Waals surface area contributed by atoms with Crippen LogP contribution < -0.4 is 10.6 Å². The highest BCUT2D eigenvalue weighted by atomic mass is 35.5. The molecule has 0 unspecified atom stereocenters. The summed E-state index contributed by atoms with van der Waals surface area (Å²) in [6, 6.07) is 23.2. The molecule has 1 aromatic heterocycles. The van der Waals surface area contributed by atoms with Gasteiger partial charge in [0.05, 0.1) is 0 Å². The molecule has 1 heterocycles. The van der Waals surface area contributed by atoms with E-state index in [0.717, 1.165) is 16.7 Å². The average molecular weight is 445 g/mol. The Balaban J connectivity index is 1.40. The van der Waals surface area contributed by atoms with Crippen LogP contribution in [-0.2, 0) is 0 Å². The Morgan fingerprint density at radius 3 is 2.12 bits per heavy atom. The summed E-state index contributed by atoms with van der Waals surface area (Å²) < 4.78 is 5.71. The van der Waals surface area contributed by atoms with E-state index in [-0.39, 0.29) is 17.6 Å². The summed E-state index contributed by atoms with van der Waals surface area (Å²) in [5, 5.41) is 6.28. The normalized spacial score (nSPS) is 10.6. The topological polar surface area (TPSA) is 71.3 Å². The summed E-state index contributed by atoms with van der Waals surface area (Å²) in [6.07, 6.45) is 0. The van der Waals surface area contributed by atoms with Gasteiger partial charge < -0.3 is 15.1 Å².